The molecule has 0 saturated carbocycles. The first-order chi connectivity index (χ1) is 15.7. The lowest BCUT2D eigenvalue weighted by Gasteiger charge is -2.34. The van der Waals surface area contributed by atoms with Crippen molar-refractivity contribution in [3.8, 4) is 16.4 Å². The molecule has 1 fully saturated rings. The standard InChI is InChI=1S/C23H21FN6OS/c24-18-3-1-4-19(15-18)30-22(20-5-2-14-32-20)26-21(27-30)23(31)29-12-10-28(11-13-29)16-17-6-8-25-9-7-17/h1-9,14-15H,10-13,16H2. The summed E-state index contributed by atoms with van der Waals surface area (Å²) in [5.74, 6) is 0.0837. The summed E-state index contributed by atoms with van der Waals surface area (Å²) in [4.78, 5) is 26.8. The summed E-state index contributed by atoms with van der Waals surface area (Å²) >= 11 is 1.50. The monoisotopic (exact) mass is 448 g/mol. The molecule has 0 spiro atoms. The normalized spacial score (nSPS) is 14.6. The van der Waals surface area contributed by atoms with Crippen LogP contribution in [0.1, 0.15) is 16.2 Å². The van der Waals surface area contributed by atoms with Crippen LogP contribution in [0.3, 0.4) is 0 Å². The van der Waals surface area contributed by atoms with Gasteiger partial charge in [0.25, 0.3) is 5.91 Å². The molecule has 0 radical (unpaired) electrons. The number of benzene rings is 1. The van der Waals surface area contributed by atoms with Crippen LogP contribution < -0.4 is 0 Å². The summed E-state index contributed by atoms with van der Waals surface area (Å²) < 4.78 is 15.4. The Kier molecular flexibility index (Phi) is 5.74. The van der Waals surface area contributed by atoms with Crippen LogP contribution in [0.4, 0.5) is 4.39 Å². The molecule has 9 heteroatoms. The van der Waals surface area contributed by atoms with Gasteiger partial charge in [-0.2, -0.15) is 0 Å². The molecule has 32 heavy (non-hydrogen) atoms. The van der Waals surface area contributed by atoms with Gasteiger partial charge in [-0.15, -0.1) is 16.4 Å². The van der Waals surface area contributed by atoms with Crippen molar-refractivity contribution in [2.24, 2.45) is 0 Å². The zero-order valence-corrected chi connectivity index (χ0v) is 18.1. The highest BCUT2D eigenvalue weighted by Gasteiger charge is 2.27. The van der Waals surface area contributed by atoms with Gasteiger partial charge in [-0.3, -0.25) is 14.7 Å². The molecular weight excluding hydrogens is 427 g/mol. The lowest BCUT2D eigenvalue weighted by molar-refractivity contribution is 0.0616. The van der Waals surface area contributed by atoms with Gasteiger partial charge < -0.3 is 4.90 Å². The minimum Gasteiger partial charge on any atom is -0.333 e. The zero-order chi connectivity index (χ0) is 21.9. The molecule has 162 valence electrons. The van der Waals surface area contributed by atoms with Crippen molar-refractivity contribution in [2.75, 3.05) is 26.2 Å². The lowest BCUT2D eigenvalue weighted by atomic mass is 10.2. The Morgan fingerprint density at radius 1 is 1.03 bits per heavy atom. The second kappa shape index (κ2) is 8.97. The van der Waals surface area contributed by atoms with Gasteiger partial charge in [0.1, 0.15) is 5.82 Å². The van der Waals surface area contributed by atoms with Gasteiger partial charge in [-0.25, -0.2) is 14.1 Å². The summed E-state index contributed by atoms with van der Waals surface area (Å²) in [6, 6.07) is 14.0. The maximum atomic E-state index is 13.8. The van der Waals surface area contributed by atoms with Gasteiger partial charge in [0, 0.05) is 45.1 Å². The minimum atomic E-state index is -0.367. The summed E-state index contributed by atoms with van der Waals surface area (Å²) in [6.45, 7) is 3.59. The van der Waals surface area contributed by atoms with Crippen LogP contribution in [0, 0.1) is 5.82 Å². The van der Waals surface area contributed by atoms with E-state index in [0.29, 0.717) is 24.6 Å². The van der Waals surface area contributed by atoms with E-state index in [2.05, 4.69) is 20.0 Å². The maximum absolute atomic E-state index is 13.8. The topological polar surface area (TPSA) is 67.2 Å². The summed E-state index contributed by atoms with van der Waals surface area (Å²) in [6.07, 6.45) is 3.59. The number of nitrogens with zero attached hydrogens (tertiary/aromatic N) is 6. The quantitative estimate of drug-likeness (QED) is 0.468. The SMILES string of the molecule is O=C(c1nc(-c2cccs2)n(-c2cccc(F)c2)n1)N1CCN(Cc2ccncc2)CC1. The van der Waals surface area contributed by atoms with Gasteiger partial charge in [0.2, 0.25) is 5.82 Å². The Morgan fingerprint density at radius 3 is 2.56 bits per heavy atom. The van der Waals surface area contributed by atoms with Crippen LogP contribution in [0.5, 0.6) is 0 Å². The molecule has 7 nitrogen and oxygen atoms in total. The van der Waals surface area contributed by atoms with Crippen molar-refractivity contribution in [1.82, 2.24) is 29.5 Å². The van der Waals surface area contributed by atoms with E-state index >= 15 is 0 Å². The predicted molar refractivity (Wildman–Crippen MR) is 120 cm³/mol. The van der Waals surface area contributed by atoms with Gasteiger partial charge in [0.05, 0.1) is 10.6 Å². The van der Waals surface area contributed by atoms with E-state index in [0.717, 1.165) is 24.5 Å². The molecule has 4 aromatic rings. The Hall–Kier alpha value is -3.43. The van der Waals surface area contributed by atoms with E-state index in [4.69, 9.17) is 0 Å². The molecule has 0 unspecified atom stereocenters. The molecule has 1 aliphatic rings. The molecule has 5 rings (SSSR count). The summed E-state index contributed by atoms with van der Waals surface area (Å²) in [5, 5.41) is 6.41. The van der Waals surface area contributed by atoms with Crippen LogP contribution in [0.25, 0.3) is 16.4 Å². The third-order valence-corrected chi connectivity index (χ3v) is 6.27. The van der Waals surface area contributed by atoms with Crippen LogP contribution >= 0.6 is 11.3 Å². The Labute approximate surface area is 188 Å². The van der Waals surface area contributed by atoms with E-state index in [-0.39, 0.29) is 17.5 Å². The number of rotatable bonds is 5. The molecule has 0 atom stereocenters. The van der Waals surface area contributed by atoms with Gasteiger partial charge in [-0.05, 0) is 47.3 Å². The maximum Gasteiger partial charge on any atom is 0.293 e. The van der Waals surface area contributed by atoms with Crippen LogP contribution in [0.15, 0.2) is 66.3 Å². The smallest absolute Gasteiger partial charge is 0.293 e. The fourth-order valence-corrected chi connectivity index (χ4v) is 4.45. The van der Waals surface area contributed by atoms with Crippen LogP contribution in [0.2, 0.25) is 0 Å². The van der Waals surface area contributed by atoms with Crippen molar-refractivity contribution in [3.63, 3.8) is 0 Å². The third-order valence-electron chi connectivity index (χ3n) is 5.41. The molecule has 3 aromatic heterocycles. The number of hydrogen-bond donors (Lipinski definition) is 0. The number of hydrogen-bond acceptors (Lipinski definition) is 6. The van der Waals surface area contributed by atoms with E-state index in [9.17, 15) is 9.18 Å². The Balaban J connectivity index is 1.35. The van der Waals surface area contributed by atoms with Crippen molar-refractivity contribution in [1.29, 1.82) is 0 Å². The molecule has 0 bridgehead atoms. The minimum absolute atomic E-state index is 0.125. The van der Waals surface area contributed by atoms with Crippen molar-refractivity contribution in [2.45, 2.75) is 6.54 Å². The Morgan fingerprint density at radius 2 is 1.84 bits per heavy atom. The molecule has 0 aliphatic carbocycles. The van der Waals surface area contributed by atoms with Gasteiger partial charge in [-0.1, -0.05) is 12.1 Å². The highest BCUT2D eigenvalue weighted by atomic mass is 32.1. The molecule has 0 N–H and O–H groups in total. The summed E-state index contributed by atoms with van der Waals surface area (Å²) in [7, 11) is 0. The largest absolute Gasteiger partial charge is 0.333 e. The van der Waals surface area contributed by atoms with E-state index in [1.165, 1.54) is 29.0 Å². The number of pyridine rings is 1. The fourth-order valence-electron chi connectivity index (χ4n) is 3.75. The van der Waals surface area contributed by atoms with Crippen molar-refractivity contribution >= 4 is 17.2 Å². The fraction of sp³-hybridized carbons (Fsp3) is 0.217. The highest BCUT2D eigenvalue weighted by molar-refractivity contribution is 7.13. The third kappa shape index (κ3) is 4.30. The van der Waals surface area contributed by atoms with E-state index < -0.39 is 0 Å². The van der Waals surface area contributed by atoms with Gasteiger partial charge >= 0.3 is 0 Å². The number of amides is 1. The molecule has 1 aliphatic heterocycles. The van der Waals surface area contributed by atoms with Crippen molar-refractivity contribution < 1.29 is 9.18 Å². The second-order valence-electron chi connectivity index (χ2n) is 7.55. The van der Waals surface area contributed by atoms with E-state index in [1.807, 2.05) is 29.6 Å². The number of aromatic nitrogens is 4. The predicted octanol–water partition coefficient (Wildman–Crippen LogP) is 3.49. The molecule has 1 aromatic carbocycles. The number of thiophene rings is 1. The highest BCUT2D eigenvalue weighted by Crippen LogP contribution is 2.26. The lowest BCUT2D eigenvalue weighted by Crippen LogP contribution is -2.48. The molecule has 1 saturated heterocycles. The zero-order valence-electron chi connectivity index (χ0n) is 17.3. The average molecular weight is 449 g/mol. The summed E-state index contributed by atoms with van der Waals surface area (Å²) in [5.41, 5.74) is 1.73. The Bertz CT molecular complexity index is 1200. The van der Waals surface area contributed by atoms with Crippen LogP contribution in [-0.2, 0) is 6.54 Å². The molecule has 4 heterocycles. The van der Waals surface area contributed by atoms with Crippen molar-refractivity contribution in [3.05, 3.63) is 83.5 Å². The van der Waals surface area contributed by atoms with Gasteiger partial charge in [0.15, 0.2) is 5.82 Å². The molecular formula is C23H21FN6OS. The first kappa shape index (κ1) is 20.5. The first-order valence-corrected chi connectivity index (χ1v) is 11.2. The molecule has 1 amide bonds. The number of piperazine rings is 1. The van der Waals surface area contributed by atoms with E-state index in [1.54, 1.807) is 34.1 Å². The number of carbonyl (C=O) groups excluding carboxylic acids is 1. The number of halogens is 1. The van der Waals surface area contributed by atoms with Crippen LogP contribution in [-0.4, -0.2) is 61.6 Å². The second-order valence-corrected chi connectivity index (χ2v) is 8.50. The average Bonchev–Trinajstić information content (AvgIpc) is 3.50. The number of carbonyl (C=O) groups is 1. The first-order valence-electron chi connectivity index (χ1n) is 10.3.